The van der Waals surface area contributed by atoms with Crippen LogP contribution in [0.15, 0.2) is 29.3 Å². The number of aliphatic hydroxyl groups is 3. The summed E-state index contributed by atoms with van der Waals surface area (Å²) >= 11 is 1.17. The summed E-state index contributed by atoms with van der Waals surface area (Å²) in [7, 11) is 0. The standard InChI is InChI=1S/C16H20N2O8S/c1-7(20)17-12-8(18-15(23)11-3-2-4-27-11)5-10(16(24)25)26-14(12)13(22)9(21)6-19/h2-5,8-9,12-14,19,21-22H,6H2,1H3,(H,17,20)(H,18,23)(H,24,25)/t8-,9?,12+,13+,14+/m0/s1. The second kappa shape index (κ2) is 8.95. The van der Waals surface area contributed by atoms with Gasteiger partial charge in [-0.1, -0.05) is 6.07 Å². The fourth-order valence-corrected chi connectivity index (χ4v) is 3.26. The van der Waals surface area contributed by atoms with E-state index < -0.39 is 60.5 Å². The highest BCUT2D eigenvalue weighted by Crippen LogP contribution is 2.23. The Morgan fingerprint density at radius 1 is 1.30 bits per heavy atom. The summed E-state index contributed by atoms with van der Waals surface area (Å²) in [4.78, 5) is 35.7. The molecule has 0 saturated heterocycles. The molecule has 1 aromatic heterocycles. The maximum absolute atomic E-state index is 12.4. The van der Waals surface area contributed by atoms with Crippen LogP contribution in [0.1, 0.15) is 16.6 Å². The largest absolute Gasteiger partial charge is 0.478 e. The molecule has 0 fully saturated rings. The van der Waals surface area contributed by atoms with Crippen molar-refractivity contribution < 1.29 is 39.5 Å². The van der Waals surface area contributed by atoms with E-state index >= 15 is 0 Å². The molecule has 11 heteroatoms. The Kier molecular flexibility index (Phi) is 6.91. The lowest BCUT2D eigenvalue weighted by Gasteiger charge is -2.40. The van der Waals surface area contributed by atoms with Gasteiger partial charge in [0.15, 0.2) is 0 Å². The summed E-state index contributed by atoms with van der Waals surface area (Å²) in [5.41, 5.74) is 0. The first-order valence-electron chi connectivity index (χ1n) is 7.94. The zero-order valence-electron chi connectivity index (χ0n) is 14.2. The van der Waals surface area contributed by atoms with Crippen molar-refractivity contribution in [2.75, 3.05) is 6.61 Å². The van der Waals surface area contributed by atoms with Crippen molar-refractivity contribution in [3.05, 3.63) is 34.2 Å². The molecule has 0 aliphatic carbocycles. The molecule has 0 radical (unpaired) electrons. The van der Waals surface area contributed by atoms with Crippen molar-refractivity contribution in [3.8, 4) is 0 Å². The third-order valence-electron chi connectivity index (χ3n) is 3.88. The number of nitrogens with one attached hydrogen (secondary N) is 2. The molecule has 2 heterocycles. The Morgan fingerprint density at radius 2 is 2.00 bits per heavy atom. The van der Waals surface area contributed by atoms with Gasteiger partial charge in [-0.2, -0.15) is 0 Å². The number of hydrogen-bond donors (Lipinski definition) is 6. The number of carboxylic acids is 1. The van der Waals surface area contributed by atoms with Crippen LogP contribution >= 0.6 is 11.3 Å². The fraction of sp³-hybridized carbons (Fsp3) is 0.438. The van der Waals surface area contributed by atoms with Crippen LogP contribution in [0.4, 0.5) is 0 Å². The first-order chi connectivity index (χ1) is 12.7. The lowest BCUT2D eigenvalue weighted by molar-refractivity contribution is -0.146. The van der Waals surface area contributed by atoms with Crippen LogP contribution in [0.25, 0.3) is 0 Å². The number of ether oxygens (including phenoxy) is 1. The van der Waals surface area contributed by atoms with E-state index in [9.17, 15) is 29.7 Å². The molecule has 10 nitrogen and oxygen atoms in total. The van der Waals surface area contributed by atoms with Crippen molar-refractivity contribution in [1.82, 2.24) is 10.6 Å². The van der Waals surface area contributed by atoms with E-state index in [0.717, 1.165) is 6.08 Å². The van der Waals surface area contributed by atoms with Gasteiger partial charge in [-0.3, -0.25) is 9.59 Å². The van der Waals surface area contributed by atoms with Crippen molar-refractivity contribution in [3.63, 3.8) is 0 Å². The molecule has 0 saturated carbocycles. The maximum atomic E-state index is 12.4. The Labute approximate surface area is 158 Å². The Hall–Kier alpha value is -2.47. The fourth-order valence-electron chi connectivity index (χ4n) is 2.63. The number of thiophene rings is 1. The summed E-state index contributed by atoms with van der Waals surface area (Å²) in [6.45, 7) is 0.382. The second-order valence-electron chi connectivity index (χ2n) is 5.86. The van der Waals surface area contributed by atoms with Crippen molar-refractivity contribution >= 4 is 29.1 Å². The third kappa shape index (κ3) is 5.04. The quantitative estimate of drug-likeness (QED) is 0.319. The average molecular weight is 400 g/mol. The van der Waals surface area contributed by atoms with Gasteiger partial charge in [0, 0.05) is 6.92 Å². The Balaban J connectivity index is 2.37. The normalized spacial score (nSPS) is 24.1. The van der Waals surface area contributed by atoms with Gasteiger partial charge in [-0.25, -0.2) is 4.79 Å². The molecule has 0 bridgehead atoms. The van der Waals surface area contributed by atoms with Crippen molar-refractivity contribution in [2.45, 2.75) is 37.3 Å². The topological polar surface area (TPSA) is 165 Å². The van der Waals surface area contributed by atoms with Crippen LogP contribution in [0, 0.1) is 0 Å². The van der Waals surface area contributed by atoms with Crippen LogP contribution in [-0.2, 0) is 14.3 Å². The van der Waals surface area contributed by atoms with E-state index in [4.69, 9.17) is 9.84 Å². The van der Waals surface area contributed by atoms with E-state index in [2.05, 4.69) is 10.6 Å². The summed E-state index contributed by atoms with van der Waals surface area (Å²) < 4.78 is 5.23. The van der Waals surface area contributed by atoms with Gasteiger partial charge in [-0.15, -0.1) is 11.3 Å². The van der Waals surface area contributed by atoms with Gasteiger partial charge in [0.25, 0.3) is 5.91 Å². The van der Waals surface area contributed by atoms with Crippen molar-refractivity contribution in [1.29, 1.82) is 0 Å². The number of carboxylic acid groups (broad SMARTS) is 1. The van der Waals surface area contributed by atoms with Crippen LogP contribution in [0.5, 0.6) is 0 Å². The van der Waals surface area contributed by atoms with E-state index in [1.54, 1.807) is 17.5 Å². The second-order valence-corrected chi connectivity index (χ2v) is 6.81. The summed E-state index contributed by atoms with van der Waals surface area (Å²) in [5, 5.41) is 45.0. The van der Waals surface area contributed by atoms with E-state index in [0.29, 0.717) is 4.88 Å². The van der Waals surface area contributed by atoms with Crippen LogP contribution < -0.4 is 10.6 Å². The first-order valence-corrected chi connectivity index (χ1v) is 8.82. The van der Waals surface area contributed by atoms with Gasteiger partial charge in [0.1, 0.15) is 18.3 Å². The smallest absolute Gasteiger partial charge is 0.370 e. The molecule has 27 heavy (non-hydrogen) atoms. The summed E-state index contributed by atoms with van der Waals surface area (Å²) in [5.74, 6) is -3.06. The van der Waals surface area contributed by atoms with Gasteiger partial charge >= 0.3 is 5.97 Å². The molecule has 1 aromatic rings. The van der Waals surface area contributed by atoms with Crippen molar-refractivity contribution in [2.24, 2.45) is 0 Å². The molecule has 1 unspecified atom stereocenters. The minimum absolute atomic E-state index is 0.362. The van der Waals surface area contributed by atoms with Gasteiger partial charge in [0.2, 0.25) is 11.7 Å². The predicted octanol–water partition coefficient (Wildman–Crippen LogP) is -1.57. The van der Waals surface area contributed by atoms with Crippen LogP contribution in [-0.4, -0.2) is 75.2 Å². The molecule has 148 valence electrons. The lowest BCUT2D eigenvalue weighted by atomic mass is 9.92. The zero-order chi connectivity index (χ0) is 20.1. The van der Waals surface area contributed by atoms with E-state index in [1.807, 2.05) is 0 Å². The number of carbonyl (C=O) groups excluding carboxylic acids is 2. The molecule has 6 N–H and O–H groups in total. The SMILES string of the molecule is CC(=O)N[C@H]1[C@H]([C@H](O)C(O)CO)OC(C(=O)O)=C[C@@H]1NC(=O)c1cccs1. The van der Waals surface area contributed by atoms with Crippen LogP contribution in [0.3, 0.4) is 0 Å². The van der Waals surface area contributed by atoms with E-state index in [-0.39, 0.29) is 0 Å². The minimum Gasteiger partial charge on any atom is -0.478 e. The zero-order valence-corrected chi connectivity index (χ0v) is 15.0. The number of hydrogen-bond acceptors (Lipinski definition) is 8. The molecule has 2 amide bonds. The highest BCUT2D eigenvalue weighted by Gasteiger charge is 2.44. The van der Waals surface area contributed by atoms with Gasteiger partial charge < -0.3 is 35.8 Å². The molecular weight excluding hydrogens is 380 g/mol. The number of carbonyl (C=O) groups is 3. The molecule has 0 aromatic carbocycles. The first kappa shape index (κ1) is 20.8. The molecule has 2 rings (SSSR count). The highest BCUT2D eigenvalue weighted by molar-refractivity contribution is 7.12. The number of amides is 2. The maximum Gasteiger partial charge on any atom is 0.370 e. The van der Waals surface area contributed by atoms with Crippen LogP contribution in [0.2, 0.25) is 0 Å². The summed E-state index contributed by atoms with van der Waals surface area (Å²) in [6.07, 6.45) is -3.70. The summed E-state index contributed by atoms with van der Waals surface area (Å²) in [6, 6.07) is 1.09. The third-order valence-corrected chi connectivity index (χ3v) is 4.74. The minimum atomic E-state index is -1.73. The Morgan fingerprint density at radius 3 is 2.52 bits per heavy atom. The van der Waals surface area contributed by atoms with E-state index in [1.165, 1.54) is 18.3 Å². The average Bonchev–Trinajstić information content (AvgIpc) is 3.15. The molecule has 1 aliphatic heterocycles. The Bertz CT molecular complexity index is 720. The molecular formula is C16H20N2O8S. The molecule has 1 aliphatic rings. The highest BCUT2D eigenvalue weighted by atomic mass is 32.1. The number of aliphatic carboxylic acids is 1. The van der Waals surface area contributed by atoms with Gasteiger partial charge in [-0.05, 0) is 17.5 Å². The number of aliphatic hydroxyl groups excluding tert-OH is 3. The molecule has 5 atom stereocenters. The number of rotatable bonds is 7. The monoisotopic (exact) mass is 400 g/mol. The van der Waals surface area contributed by atoms with Gasteiger partial charge in [0.05, 0.1) is 23.6 Å². The lowest BCUT2D eigenvalue weighted by Crippen LogP contribution is -2.63. The molecule has 0 spiro atoms. The predicted molar refractivity (Wildman–Crippen MR) is 92.9 cm³/mol.